The van der Waals surface area contributed by atoms with E-state index in [0.29, 0.717) is 0 Å². The predicted molar refractivity (Wildman–Crippen MR) is 112 cm³/mol. The lowest BCUT2D eigenvalue weighted by molar-refractivity contribution is 0.414. The van der Waals surface area contributed by atoms with Gasteiger partial charge in [0.2, 0.25) is 0 Å². The molecule has 0 bridgehead atoms. The maximum absolute atomic E-state index is 5.91. The third-order valence-corrected chi connectivity index (χ3v) is 5.52. The largest absolute Gasteiger partial charge is 0.330 e. The Morgan fingerprint density at radius 2 is 0.750 bits per heavy atom. The molecule has 0 aliphatic heterocycles. The van der Waals surface area contributed by atoms with Crippen LogP contribution in [0.25, 0.3) is 0 Å². The molecule has 0 spiro atoms. The first-order chi connectivity index (χ1) is 11.8. The summed E-state index contributed by atoms with van der Waals surface area (Å²) >= 11 is 0. The zero-order valence-corrected chi connectivity index (χ0v) is 17.3. The Morgan fingerprint density at radius 1 is 0.458 bits per heavy atom. The van der Waals surface area contributed by atoms with Gasteiger partial charge in [-0.3, -0.25) is 0 Å². The first-order valence-electron chi connectivity index (χ1n) is 11.5. The number of unbranched alkanes of at least 4 members (excludes halogenated alkanes) is 15. The molecule has 1 atom stereocenters. The van der Waals surface area contributed by atoms with Crippen LogP contribution in [0, 0.1) is 5.92 Å². The summed E-state index contributed by atoms with van der Waals surface area (Å²) in [5, 5.41) is 0. The Kier molecular flexibility index (Phi) is 21.0. The molecule has 24 heavy (non-hydrogen) atoms. The highest BCUT2D eigenvalue weighted by molar-refractivity contribution is 4.61. The second kappa shape index (κ2) is 21.0. The summed E-state index contributed by atoms with van der Waals surface area (Å²) in [5.74, 6) is 0.800. The van der Waals surface area contributed by atoms with Crippen LogP contribution in [-0.4, -0.2) is 6.54 Å². The maximum atomic E-state index is 5.91. The van der Waals surface area contributed by atoms with Crippen molar-refractivity contribution in [2.75, 3.05) is 6.54 Å². The number of hydrogen-bond donors (Lipinski definition) is 1. The fourth-order valence-electron chi connectivity index (χ4n) is 3.69. The van der Waals surface area contributed by atoms with Gasteiger partial charge in [-0.2, -0.15) is 0 Å². The molecule has 0 aromatic carbocycles. The van der Waals surface area contributed by atoms with Crippen molar-refractivity contribution in [3.63, 3.8) is 0 Å². The molecular formula is C23H49N. The highest BCUT2D eigenvalue weighted by Gasteiger charge is 2.05. The molecule has 2 N–H and O–H groups in total. The summed E-state index contributed by atoms with van der Waals surface area (Å²) in [4.78, 5) is 0. The minimum atomic E-state index is 0.800. The van der Waals surface area contributed by atoms with Crippen LogP contribution in [0.2, 0.25) is 0 Å². The van der Waals surface area contributed by atoms with Gasteiger partial charge in [0, 0.05) is 0 Å². The van der Waals surface area contributed by atoms with Gasteiger partial charge in [-0.25, -0.2) is 0 Å². The van der Waals surface area contributed by atoms with E-state index >= 15 is 0 Å². The molecule has 1 nitrogen and oxygen atoms in total. The molecule has 0 rings (SSSR count). The summed E-state index contributed by atoms with van der Waals surface area (Å²) in [7, 11) is 0. The minimum Gasteiger partial charge on any atom is -0.330 e. The van der Waals surface area contributed by atoms with Gasteiger partial charge in [-0.05, 0) is 25.3 Å². The van der Waals surface area contributed by atoms with Crippen molar-refractivity contribution in [3.8, 4) is 0 Å². The van der Waals surface area contributed by atoms with Gasteiger partial charge in [0.25, 0.3) is 0 Å². The van der Waals surface area contributed by atoms with Crippen LogP contribution in [-0.2, 0) is 0 Å². The van der Waals surface area contributed by atoms with Crippen molar-refractivity contribution in [1.29, 1.82) is 0 Å². The van der Waals surface area contributed by atoms with Gasteiger partial charge >= 0.3 is 0 Å². The monoisotopic (exact) mass is 339 g/mol. The molecule has 146 valence electrons. The molecule has 0 aromatic rings. The van der Waals surface area contributed by atoms with Crippen molar-refractivity contribution in [2.45, 2.75) is 136 Å². The fraction of sp³-hybridized carbons (Fsp3) is 1.00. The van der Waals surface area contributed by atoms with Crippen LogP contribution in [0.15, 0.2) is 0 Å². The Morgan fingerprint density at radius 3 is 1.12 bits per heavy atom. The lowest BCUT2D eigenvalue weighted by atomic mass is 9.94. The van der Waals surface area contributed by atoms with Gasteiger partial charge in [0.1, 0.15) is 0 Å². The summed E-state index contributed by atoms with van der Waals surface area (Å²) < 4.78 is 0. The Hall–Kier alpha value is -0.0400. The topological polar surface area (TPSA) is 26.0 Å². The van der Waals surface area contributed by atoms with Crippen LogP contribution < -0.4 is 5.73 Å². The molecule has 0 heterocycles. The zero-order chi connectivity index (χ0) is 17.7. The number of nitrogens with two attached hydrogens (primary N) is 1. The molecule has 0 aliphatic rings. The average molecular weight is 340 g/mol. The van der Waals surface area contributed by atoms with E-state index in [-0.39, 0.29) is 0 Å². The second-order valence-electron chi connectivity index (χ2n) is 7.98. The summed E-state index contributed by atoms with van der Waals surface area (Å²) in [5.41, 5.74) is 5.91. The third-order valence-electron chi connectivity index (χ3n) is 5.52. The predicted octanol–water partition coefficient (Wildman–Crippen LogP) is 8.01. The van der Waals surface area contributed by atoms with Crippen LogP contribution in [0.5, 0.6) is 0 Å². The summed E-state index contributed by atoms with van der Waals surface area (Å²) in [6.45, 7) is 5.48. The van der Waals surface area contributed by atoms with E-state index in [0.717, 1.165) is 12.5 Å². The Bertz CT molecular complexity index is 214. The normalized spacial score (nSPS) is 12.6. The molecular weight excluding hydrogens is 290 g/mol. The second-order valence-corrected chi connectivity index (χ2v) is 7.98. The summed E-state index contributed by atoms with van der Waals surface area (Å²) in [6.07, 6.45) is 27.1. The molecule has 0 fully saturated rings. The molecule has 1 heteroatoms. The molecule has 0 aliphatic carbocycles. The van der Waals surface area contributed by atoms with E-state index < -0.39 is 0 Å². The van der Waals surface area contributed by atoms with Crippen molar-refractivity contribution < 1.29 is 0 Å². The Balaban J connectivity index is 3.16. The van der Waals surface area contributed by atoms with E-state index in [2.05, 4.69) is 13.8 Å². The van der Waals surface area contributed by atoms with Crippen LogP contribution in [0.4, 0.5) is 0 Å². The maximum Gasteiger partial charge on any atom is -0.00489 e. The lowest BCUT2D eigenvalue weighted by Crippen LogP contribution is -2.14. The van der Waals surface area contributed by atoms with Crippen molar-refractivity contribution in [1.82, 2.24) is 0 Å². The number of rotatable bonds is 20. The molecule has 0 amide bonds. The summed E-state index contributed by atoms with van der Waals surface area (Å²) in [6, 6.07) is 0. The van der Waals surface area contributed by atoms with E-state index in [4.69, 9.17) is 5.73 Å². The molecule has 0 aromatic heterocycles. The fourth-order valence-corrected chi connectivity index (χ4v) is 3.69. The van der Waals surface area contributed by atoms with Crippen molar-refractivity contribution in [2.24, 2.45) is 11.7 Å². The third kappa shape index (κ3) is 18.3. The lowest BCUT2D eigenvalue weighted by Gasteiger charge is -2.14. The SMILES string of the molecule is CCCCCCCCCCCCCCCCC(CN)CCCCC. The average Bonchev–Trinajstić information content (AvgIpc) is 2.60. The van der Waals surface area contributed by atoms with Crippen molar-refractivity contribution >= 4 is 0 Å². The van der Waals surface area contributed by atoms with Crippen LogP contribution >= 0.6 is 0 Å². The highest BCUT2D eigenvalue weighted by atomic mass is 14.5. The number of hydrogen-bond acceptors (Lipinski definition) is 1. The van der Waals surface area contributed by atoms with Crippen molar-refractivity contribution in [3.05, 3.63) is 0 Å². The van der Waals surface area contributed by atoms with Gasteiger partial charge in [-0.1, -0.05) is 123 Å². The first kappa shape index (κ1) is 24.0. The minimum absolute atomic E-state index is 0.800. The quantitative estimate of drug-likeness (QED) is 0.223. The first-order valence-corrected chi connectivity index (χ1v) is 11.5. The van der Waals surface area contributed by atoms with Crippen LogP contribution in [0.1, 0.15) is 136 Å². The van der Waals surface area contributed by atoms with E-state index in [9.17, 15) is 0 Å². The zero-order valence-electron chi connectivity index (χ0n) is 17.3. The van der Waals surface area contributed by atoms with E-state index in [1.165, 1.54) is 122 Å². The van der Waals surface area contributed by atoms with Gasteiger partial charge in [0.15, 0.2) is 0 Å². The standard InChI is InChI=1S/C23H49N/c1-3-5-7-8-9-10-11-12-13-14-15-16-17-19-21-23(22-24)20-18-6-4-2/h23H,3-22,24H2,1-2H3. The molecule has 0 saturated carbocycles. The Labute approximate surface area is 154 Å². The van der Waals surface area contributed by atoms with Crippen LogP contribution in [0.3, 0.4) is 0 Å². The van der Waals surface area contributed by atoms with E-state index in [1.54, 1.807) is 0 Å². The van der Waals surface area contributed by atoms with E-state index in [1.807, 2.05) is 0 Å². The molecule has 1 unspecified atom stereocenters. The molecule has 0 saturated heterocycles. The smallest absolute Gasteiger partial charge is 0.00489 e. The van der Waals surface area contributed by atoms with Gasteiger partial charge in [-0.15, -0.1) is 0 Å². The molecule has 0 radical (unpaired) electrons. The van der Waals surface area contributed by atoms with Gasteiger partial charge < -0.3 is 5.73 Å². The van der Waals surface area contributed by atoms with Gasteiger partial charge in [0.05, 0.1) is 0 Å². The highest BCUT2D eigenvalue weighted by Crippen LogP contribution is 2.18.